The Morgan fingerprint density at radius 3 is 2.58 bits per heavy atom. The van der Waals surface area contributed by atoms with Crippen LogP contribution in [-0.4, -0.2) is 25.5 Å². The van der Waals surface area contributed by atoms with E-state index in [9.17, 15) is 4.79 Å². The molecule has 0 radical (unpaired) electrons. The number of carbonyl (C=O) groups is 1. The van der Waals surface area contributed by atoms with Gasteiger partial charge in [0.2, 0.25) is 5.78 Å². The Balaban J connectivity index is 2.06. The lowest BCUT2D eigenvalue weighted by molar-refractivity contribution is 0.0981. The second-order valence-corrected chi connectivity index (χ2v) is 4.43. The lowest BCUT2D eigenvalue weighted by atomic mass is 10.2. The van der Waals surface area contributed by atoms with Gasteiger partial charge >= 0.3 is 0 Å². The van der Waals surface area contributed by atoms with Crippen molar-refractivity contribution in [3.8, 4) is 0 Å². The van der Waals surface area contributed by atoms with Crippen LogP contribution in [0.25, 0.3) is 0 Å². The highest BCUT2D eigenvalue weighted by Crippen LogP contribution is 2.14. The van der Waals surface area contributed by atoms with Gasteiger partial charge in [-0.05, 0) is 25.0 Å². The molecule has 0 unspecified atom stereocenters. The molecule has 2 heterocycles. The van der Waals surface area contributed by atoms with Crippen molar-refractivity contribution < 1.29 is 4.79 Å². The maximum absolute atomic E-state index is 12.0. The topological polar surface area (TPSA) is 60.7 Å². The zero-order valence-electron chi connectivity index (χ0n) is 11.3. The highest BCUT2D eigenvalue weighted by Gasteiger charge is 2.13. The van der Waals surface area contributed by atoms with Crippen molar-refractivity contribution in [3.63, 3.8) is 0 Å². The summed E-state index contributed by atoms with van der Waals surface area (Å²) in [6.07, 6.45) is 7.40. The smallest absolute Gasteiger partial charge is 0.206 e. The van der Waals surface area contributed by atoms with Crippen molar-refractivity contribution in [1.82, 2.24) is 19.7 Å². The SMILES string of the molecule is CCC(CC)n1ccc(CC(=O)c2ncccn2)n1. The van der Waals surface area contributed by atoms with Crippen LogP contribution in [0.1, 0.15) is 49.0 Å². The third kappa shape index (κ3) is 3.24. The number of aromatic nitrogens is 4. The number of carbonyl (C=O) groups excluding carboxylic acids is 1. The minimum Gasteiger partial charge on any atom is -0.290 e. The maximum Gasteiger partial charge on any atom is 0.206 e. The highest BCUT2D eigenvalue weighted by molar-refractivity contribution is 5.93. The largest absolute Gasteiger partial charge is 0.290 e. The number of Topliss-reactive ketones (excluding diaryl/α,β-unsaturated/α-hetero) is 1. The lowest BCUT2D eigenvalue weighted by Crippen LogP contribution is -2.11. The Kier molecular flexibility index (Phi) is 4.39. The number of hydrogen-bond acceptors (Lipinski definition) is 4. The molecule has 0 bridgehead atoms. The van der Waals surface area contributed by atoms with Crippen LogP contribution in [0.2, 0.25) is 0 Å². The van der Waals surface area contributed by atoms with Gasteiger partial charge < -0.3 is 0 Å². The van der Waals surface area contributed by atoms with E-state index in [4.69, 9.17) is 0 Å². The molecular weight excluding hydrogens is 240 g/mol. The molecule has 5 heteroatoms. The molecule has 0 aliphatic carbocycles. The predicted molar refractivity (Wildman–Crippen MR) is 71.9 cm³/mol. The quantitative estimate of drug-likeness (QED) is 0.747. The van der Waals surface area contributed by atoms with E-state index in [-0.39, 0.29) is 18.0 Å². The molecule has 2 rings (SSSR count). The number of ketones is 1. The Morgan fingerprint density at radius 2 is 1.95 bits per heavy atom. The second kappa shape index (κ2) is 6.22. The van der Waals surface area contributed by atoms with Crippen LogP contribution >= 0.6 is 0 Å². The molecule has 0 atom stereocenters. The molecule has 0 aliphatic heterocycles. The molecule has 5 nitrogen and oxygen atoms in total. The second-order valence-electron chi connectivity index (χ2n) is 4.43. The molecule has 0 amide bonds. The van der Waals surface area contributed by atoms with E-state index in [0.29, 0.717) is 6.04 Å². The van der Waals surface area contributed by atoms with Gasteiger partial charge in [-0.25, -0.2) is 9.97 Å². The highest BCUT2D eigenvalue weighted by atomic mass is 16.1. The Bertz CT molecular complexity index is 531. The van der Waals surface area contributed by atoms with Crippen LogP contribution in [0, 0.1) is 0 Å². The van der Waals surface area contributed by atoms with Crippen LogP contribution in [0.3, 0.4) is 0 Å². The molecular formula is C14H18N4O. The van der Waals surface area contributed by atoms with Crippen LogP contribution in [0.5, 0.6) is 0 Å². The Hall–Kier alpha value is -2.04. The van der Waals surface area contributed by atoms with Gasteiger partial charge in [-0.15, -0.1) is 0 Å². The number of nitrogens with zero attached hydrogens (tertiary/aromatic N) is 4. The fourth-order valence-corrected chi connectivity index (χ4v) is 2.02. The summed E-state index contributed by atoms with van der Waals surface area (Å²) >= 11 is 0. The molecule has 19 heavy (non-hydrogen) atoms. The monoisotopic (exact) mass is 258 g/mol. The lowest BCUT2D eigenvalue weighted by Gasteiger charge is -2.12. The van der Waals surface area contributed by atoms with Crippen molar-refractivity contribution in [3.05, 3.63) is 42.2 Å². The van der Waals surface area contributed by atoms with E-state index in [1.165, 1.54) is 0 Å². The summed E-state index contributed by atoms with van der Waals surface area (Å²) in [5, 5.41) is 4.46. The predicted octanol–water partition coefficient (Wildman–Crippen LogP) is 2.46. The average molecular weight is 258 g/mol. The van der Waals surface area contributed by atoms with E-state index >= 15 is 0 Å². The van der Waals surface area contributed by atoms with Gasteiger partial charge in [-0.3, -0.25) is 9.48 Å². The van der Waals surface area contributed by atoms with Crippen molar-refractivity contribution in [1.29, 1.82) is 0 Å². The standard InChI is InChI=1S/C14H18N4O/c1-3-12(4-2)18-9-6-11(17-18)10-13(19)14-15-7-5-8-16-14/h5-9,12H,3-4,10H2,1-2H3. The molecule has 0 saturated heterocycles. The van der Waals surface area contributed by atoms with Crippen molar-refractivity contribution in [2.75, 3.05) is 0 Å². The van der Waals surface area contributed by atoms with Gasteiger partial charge in [0.15, 0.2) is 5.82 Å². The summed E-state index contributed by atoms with van der Waals surface area (Å²) in [5.74, 6) is 0.148. The van der Waals surface area contributed by atoms with Gasteiger partial charge in [0.25, 0.3) is 0 Å². The van der Waals surface area contributed by atoms with E-state index < -0.39 is 0 Å². The van der Waals surface area contributed by atoms with Gasteiger partial charge in [0.05, 0.1) is 18.2 Å². The minimum atomic E-state index is -0.101. The van der Waals surface area contributed by atoms with Crippen LogP contribution < -0.4 is 0 Å². The fraction of sp³-hybridized carbons (Fsp3) is 0.429. The third-order valence-corrected chi connectivity index (χ3v) is 3.14. The van der Waals surface area contributed by atoms with Crippen molar-refractivity contribution in [2.45, 2.75) is 39.2 Å². The van der Waals surface area contributed by atoms with Crippen molar-refractivity contribution >= 4 is 5.78 Å². The van der Waals surface area contributed by atoms with Crippen LogP contribution in [-0.2, 0) is 6.42 Å². The average Bonchev–Trinajstić information content (AvgIpc) is 2.89. The zero-order chi connectivity index (χ0) is 13.7. The molecule has 0 spiro atoms. The number of hydrogen-bond donors (Lipinski definition) is 0. The summed E-state index contributed by atoms with van der Waals surface area (Å²) < 4.78 is 1.94. The molecule has 0 aliphatic rings. The Labute approximate surface area is 112 Å². The van der Waals surface area contributed by atoms with Crippen LogP contribution in [0.4, 0.5) is 0 Å². The van der Waals surface area contributed by atoms with Gasteiger partial charge in [0.1, 0.15) is 0 Å². The van der Waals surface area contributed by atoms with Crippen LogP contribution in [0.15, 0.2) is 30.7 Å². The summed E-state index contributed by atoms with van der Waals surface area (Å²) in [6, 6.07) is 3.98. The minimum absolute atomic E-state index is 0.101. The van der Waals surface area contributed by atoms with Crippen molar-refractivity contribution in [2.24, 2.45) is 0 Å². The molecule has 0 saturated carbocycles. The molecule has 0 N–H and O–H groups in total. The first-order chi connectivity index (χ1) is 9.24. The molecule has 2 aromatic heterocycles. The maximum atomic E-state index is 12.0. The number of rotatable bonds is 6. The third-order valence-electron chi connectivity index (χ3n) is 3.14. The summed E-state index contributed by atoms with van der Waals surface area (Å²) in [5.41, 5.74) is 0.768. The summed E-state index contributed by atoms with van der Waals surface area (Å²) in [7, 11) is 0. The molecule has 2 aromatic rings. The fourth-order valence-electron chi connectivity index (χ4n) is 2.02. The van der Waals surface area contributed by atoms with Gasteiger partial charge in [0, 0.05) is 18.6 Å². The van der Waals surface area contributed by atoms with Gasteiger partial charge in [-0.1, -0.05) is 13.8 Å². The zero-order valence-corrected chi connectivity index (χ0v) is 11.3. The molecule has 100 valence electrons. The summed E-state index contributed by atoms with van der Waals surface area (Å²) in [4.78, 5) is 19.9. The first-order valence-corrected chi connectivity index (χ1v) is 6.58. The Morgan fingerprint density at radius 1 is 1.26 bits per heavy atom. The molecule has 0 fully saturated rings. The van der Waals surface area contributed by atoms with E-state index in [2.05, 4.69) is 28.9 Å². The summed E-state index contributed by atoms with van der Waals surface area (Å²) in [6.45, 7) is 4.27. The molecule has 0 aromatic carbocycles. The van der Waals surface area contributed by atoms with E-state index in [0.717, 1.165) is 18.5 Å². The van der Waals surface area contributed by atoms with Gasteiger partial charge in [-0.2, -0.15) is 5.10 Å². The van der Waals surface area contributed by atoms with E-state index in [1.54, 1.807) is 18.5 Å². The first kappa shape index (κ1) is 13.4. The first-order valence-electron chi connectivity index (χ1n) is 6.58. The normalized spacial score (nSPS) is 10.9. The van der Waals surface area contributed by atoms with E-state index in [1.807, 2.05) is 16.9 Å².